The van der Waals surface area contributed by atoms with Crippen molar-refractivity contribution in [3.05, 3.63) is 57.3 Å². The first kappa shape index (κ1) is 16.3. The molecule has 0 aliphatic carbocycles. The van der Waals surface area contributed by atoms with Crippen LogP contribution < -0.4 is 10.1 Å². The van der Waals surface area contributed by atoms with Crippen molar-refractivity contribution in [1.82, 2.24) is 10.3 Å². The number of likely N-dealkylation sites (N-methyl/N-ethyl adjacent to an activating group) is 1. The minimum absolute atomic E-state index is 0.160. The molecule has 1 aromatic carbocycles. The Kier molecular flexibility index (Phi) is 6.03. The number of benzene rings is 1. The minimum atomic E-state index is 0.160. The lowest BCUT2D eigenvalue weighted by Crippen LogP contribution is -2.23. The molecule has 0 aliphatic heterocycles. The summed E-state index contributed by atoms with van der Waals surface area (Å²) in [5.41, 5.74) is 2.21. The number of nitrogens with one attached hydrogen (secondary N) is 1. The Labute approximate surface area is 138 Å². The second-order valence-electron chi connectivity index (χ2n) is 4.71. The highest BCUT2D eigenvalue weighted by Crippen LogP contribution is 2.28. The van der Waals surface area contributed by atoms with Crippen LogP contribution in [-0.2, 0) is 6.42 Å². The Morgan fingerprint density at radius 3 is 2.81 bits per heavy atom. The van der Waals surface area contributed by atoms with Crippen LogP contribution in [0.5, 0.6) is 5.75 Å². The second kappa shape index (κ2) is 7.78. The predicted octanol–water partition coefficient (Wildman–Crippen LogP) is 4.40. The standard InChI is InChI=1S/C16H18BrClN2O/c1-3-20-15(12-6-13(17)10-19-9-12)8-11-7-14(18)4-5-16(11)21-2/h4-7,9-10,15,20H,3,8H2,1-2H3. The van der Waals surface area contributed by atoms with E-state index in [1.165, 1.54) is 0 Å². The average molecular weight is 370 g/mol. The summed E-state index contributed by atoms with van der Waals surface area (Å²) in [5, 5.41) is 4.20. The summed E-state index contributed by atoms with van der Waals surface area (Å²) in [6.45, 7) is 2.97. The number of nitrogens with zero attached hydrogens (tertiary/aromatic N) is 1. The number of hydrogen-bond acceptors (Lipinski definition) is 3. The van der Waals surface area contributed by atoms with E-state index in [4.69, 9.17) is 16.3 Å². The maximum absolute atomic E-state index is 6.11. The fraction of sp³-hybridized carbons (Fsp3) is 0.312. The molecule has 5 heteroatoms. The molecule has 1 unspecified atom stereocenters. The predicted molar refractivity (Wildman–Crippen MR) is 90.1 cm³/mol. The van der Waals surface area contributed by atoms with Gasteiger partial charge in [0.1, 0.15) is 5.75 Å². The van der Waals surface area contributed by atoms with E-state index < -0.39 is 0 Å². The van der Waals surface area contributed by atoms with Crippen LogP contribution in [0, 0.1) is 0 Å². The van der Waals surface area contributed by atoms with Crippen LogP contribution in [0.1, 0.15) is 24.1 Å². The van der Waals surface area contributed by atoms with Crippen LogP contribution in [0.4, 0.5) is 0 Å². The molecule has 0 radical (unpaired) electrons. The Bertz CT molecular complexity index is 607. The highest BCUT2D eigenvalue weighted by atomic mass is 79.9. The van der Waals surface area contributed by atoms with E-state index in [-0.39, 0.29) is 6.04 Å². The number of methoxy groups -OCH3 is 1. The highest BCUT2D eigenvalue weighted by molar-refractivity contribution is 9.10. The summed E-state index contributed by atoms with van der Waals surface area (Å²) in [6.07, 6.45) is 4.46. The van der Waals surface area contributed by atoms with Gasteiger partial charge in [-0.05, 0) is 64.3 Å². The van der Waals surface area contributed by atoms with E-state index in [0.717, 1.165) is 34.3 Å². The molecule has 112 valence electrons. The van der Waals surface area contributed by atoms with Crippen molar-refractivity contribution in [3.8, 4) is 5.75 Å². The van der Waals surface area contributed by atoms with Crippen LogP contribution in [0.3, 0.4) is 0 Å². The first-order valence-electron chi connectivity index (χ1n) is 6.80. The van der Waals surface area contributed by atoms with Crippen molar-refractivity contribution in [2.24, 2.45) is 0 Å². The Balaban J connectivity index is 2.30. The van der Waals surface area contributed by atoms with Crippen LogP contribution in [0.15, 0.2) is 41.1 Å². The first-order valence-corrected chi connectivity index (χ1v) is 7.97. The van der Waals surface area contributed by atoms with Crippen molar-refractivity contribution in [2.45, 2.75) is 19.4 Å². The molecule has 2 aromatic rings. The minimum Gasteiger partial charge on any atom is -0.496 e. The van der Waals surface area contributed by atoms with Gasteiger partial charge in [0.15, 0.2) is 0 Å². The quantitative estimate of drug-likeness (QED) is 0.819. The van der Waals surface area contributed by atoms with Crippen LogP contribution >= 0.6 is 27.5 Å². The fourth-order valence-corrected chi connectivity index (χ4v) is 2.88. The first-order chi connectivity index (χ1) is 10.1. The van der Waals surface area contributed by atoms with Crippen molar-refractivity contribution < 1.29 is 4.74 Å². The van der Waals surface area contributed by atoms with Gasteiger partial charge in [0.05, 0.1) is 7.11 Å². The van der Waals surface area contributed by atoms with Gasteiger partial charge in [0.25, 0.3) is 0 Å². The Morgan fingerprint density at radius 1 is 1.33 bits per heavy atom. The second-order valence-corrected chi connectivity index (χ2v) is 6.06. The van der Waals surface area contributed by atoms with Crippen molar-refractivity contribution in [1.29, 1.82) is 0 Å². The highest BCUT2D eigenvalue weighted by Gasteiger charge is 2.15. The van der Waals surface area contributed by atoms with Crippen LogP contribution in [-0.4, -0.2) is 18.6 Å². The molecule has 0 fully saturated rings. The molecule has 0 saturated heterocycles. The van der Waals surface area contributed by atoms with Crippen LogP contribution in [0.25, 0.3) is 0 Å². The van der Waals surface area contributed by atoms with Gasteiger partial charge in [-0.1, -0.05) is 18.5 Å². The van der Waals surface area contributed by atoms with Gasteiger partial charge in [-0.25, -0.2) is 0 Å². The molecule has 3 nitrogen and oxygen atoms in total. The monoisotopic (exact) mass is 368 g/mol. The zero-order valence-electron chi connectivity index (χ0n) is 12.1. The maximum Gasteiger partial charge on any atom is 0.122 e. The smallest absolute Gasteiger partial charge is 0.122 e. The van der Waals surface area contributed by atoms with E-state index in [9.17, 15) is 0 Å². The van der Waals surface area contributed by atoms with E-state index in [1.54, 1.807) is 13.3 Å². The Morgan fingerprint density at radius 2 is 2.14 bits per heavy atom. The molecule has 1 heterocycles. The molecule has 0 amide bonds. The maximum atomic E-state index is 6.11. The summed E-state index contributed by atoms with van der Waals surface area (Å²) in [5.74, 6) is 0.852. The fourth-order valence-electron chi connectivity index (χ4n) is 2.30. The third-order valence-electron chi connectivity index (χ3n) is 3.25. The van der Waals surface area contributed by atoms with Gasteiger partial charge in [-0.2, -0.15) is 0 Å². The van der Waals surface area contributed by atoms with Crippen LogP contribution in [0.2, 0.25) is 5.02 Å². The molecule has 1 N–H and O–H groups in total. The molecular weight excluding hydrogens is 352 g/mol. The molecule has 1 aromatic heterocycles. The SMILES string of the molecule is CCNC(Cc1cc(Cl)ccc1OC)c1cncc(Br)c1. The number of halogens is 2. The Hall–Kier alpha value is -1.10. The van der Waals surface area contributed by atoms with Gasteiger partial charge in [0, 0.05) is 27.9 Å². The van der Waals surface area contributed by atoms with E-state index in [1.807, 2.05) is 24.4 Å². The van der Waals surface area contributed by atoms with Crippen molar-refractivity contribution >= 4 is 27.5 Å². The lowest BCUT2D eigenvalue weighted by atomic mass is 9.99. The number of hydrogen-bond donors (Lipinski definition) is 1. The molecular formula is C16H18BrClN2O. The third kappa shape index (κ3) is 4.43. The van der Waals surface area contributed by atoms with Crippen molar-refractivity contribution in [3.63, 3.8) is 0 Å². The summed E-state index contributed by atoms with van der Waals surface area (Å²) >= 11 is 9.58. The zero-order valence-corrected chi connectivity index (χ0v) is 14.4. The molecule has 0 bridgehead atoms. The number of pyridine rings is 1. The molecule has 0 spiro atoms. The molecule has 0 saturated carbocycles. The van der Waals surface area contributed by atoms with Gasteiger partial charge >= 0.3 is 0 Å². The van der Waals surface area contributed by atoms with E-state index in [2.05, 4.69) is 39.2 Å². The largest absolute Gasteiger partial charge is 0.496 e. The van der Waals surface area contributed by atoms with E-state index in [0.29, 0.717) is 5.02 Å². The van der Waals surface area contributed by atoms with Gasteiger partial charge in [-0.3, -0.25) is 4.98 Å². The van der Waals surface area contributed by atoms with Gasteiger partial charge in [0.2, 0.25) is 0 Å². The summed E-state index contributed by atoms with van der Waals surface area (Å²) in [7, 11) is 1.68. The third-order valence-corrected chi connectivity index (χ3v) is 3.91. The molecule has 2 rings (SSSR count). The number of rotatable bonds is 6. The van der Waals surface area contributed by atoms with Gasteiger partial charge < -0.3 is 10.1 Å². The van der Waals surface area contributed by atoms with E-state index >= 15 is 0 Å². The summed E-state index contributed by atoms with van der Waals surface area (Å²) < 4.78 is 6.40. The number of aromatic nitrogens is 1. The molecule has 1 atom stereocenters. The number of ether oxygens (including phenoxy) is 1. The summed E-state index contributed by atoms with van der Waals surface area (Å²) in [6, 6.07) is 7.94. The lowest BCUT2D eigenvalue weighted by Gasteiger charge is -2.20. The lowest BCUT2D eigenvalue weighted by molar-refractivity contribution is 0.405. The average Bonchev–Trinajstić information content (AvgIpc) is 2.47. The topological polar surface area (TPSA) is 34.1 Å². The zero-order chi connectivity index (χ0) is 15.2. The van der Waals surface area contributed by atoms with Crippen molar-refractivity contribution in [2.75, 3.05) is 13.7 Å². The molecule has 21 heavy (non-hydrogen) atoms. The van der Waals surface area contributed by atoms with Gasteiger partial charge in [-0.15, -0.1) is 0 Å². The normalized spacial score (nSPS) is 12.2. The molecule has 0 aliphatic rings. The summed E-state index contributed by atoms with van der Waals surface area (Å²) in [4.78, 5) is 4.24.